The minimum atomic E-state index is -1.78. The number of aromatic amines is 2. The third kappa shape index (κ3) is 27.6. The molecule has 2 aliphatic heterocycles. The lowest BCUT2D eigenvalue weighted by atomic mass is 10.0. The van der Waals surface area contributed by atoms with E-state index in [1.165, 1.54) is 59.5 Å². The number of fused-ring (bicyclic) bond motifs is 2. The maximum Gasteiger partial charge on any atom is 0.246 e. The van der Waals surface area contributed by atoms with Gasteiger partial charge in [0.2, 0.25) is 100 Å². The molecule has 7 rings (SSSR count). The number of guanidine groups is 1. The molecule has 2 aromatic heterocycles. The minimum absolute atomic E-state index is 0.0146. The third-order valence-corrected chi connectivity index (χ3v) is 23.3. The van der Waals surface area contributed by atoms with Gasteiger partial charge in [0, 0.05) is 95.3 Å². The number of nitrogens with one attached hydrogen (secondary N) is 14. The zero-order valence-electron chi connectivity index (χ0n) is 71.8. The van der Waals surface area contributed by atoms with Crippen molar-refractivity contribution in [1.29, 1.82) is 5.41 Å². The number of thioether (sulfide) groups is 1. The Kier molecular flexibility index (Phi) is 37.4. The van der Waals surface area contributed by atoms with Crippen LogP contribution in [0.15, 0.2) is 73.3 Å². The molecule has 3 aliphatic rings. The Morgan fingerprint density at radius 3 is 1.92 bits per heavy atom. The Labute approximate surface area is 723 Å². The van der Waals surface area contributed by atoms with Crippen LogP contribution < -0.4 is 75.7 Å². The van der Waals surface area contributed by atoms with Crippen LogP contribution in [0.3, 0.4) is 0 Å². The fourth-order valence-corrected chi connectivity index (χ4v) is 16.1. The number of benzene rings is 2. The number of carbonyl (C=O) groups excluding carboxylic acids is 17. The molecule has 124 heavy (non-hydrogen) atoms. The van der Waals surface area contributed by atoms with Gasteiger partial charge >= 0.3 is 0 Å². The molecule has 4 aromatic rings. The summed E-state index contributed by atoms with van der Waals surface area (Å²) in [6.45, 7) is 7.35. The number of imidazole rings is 1. The van der Waals surface area contributed by atoms with Gasteiger partial charge in [-0.3, -0.25) is 86.9 Å². The highest BCUT2D eigenvalue weighted by Crippen LogP contribution is 2.51. The maximum atomic E-state index is 15.3. The maximum absolute atomic E-state index is 15.3. The van der Waals surface area contributed by atoms with E-state index in [4.69, 9.17) is 22.6 Å². The van der Waals surface area contributed by atoms with Crippen LogP contribution in [0.5, 0.6) is 0 Å². The van der Waals surface area contributed by atoms with E-state index in [0.717, 1.165) is 31.4 Å². The number of aliphatic hydroxyl groups excluding tert-OH is 1. The van der Waals surface area contributed by atoms with Gasteiger partial charge < -0.3 is 115 Å². The predicted molar refractivity (Wildman–Crippen MR) is 456 cm³/mol. The highest BCUT2D eigenvalue weighted by atomic mass is 32.2. The van der Waals surface area contributed by atoms with Gasteiger partial charge in [0.25, 0.3) is 0 Å². The molecule has 1 aliphatic carbocycles. The summed E-state index contributed by atoms with van der Waals surface area (Å²) >= 11 is 0.802. The molecule has 2 aromatic carbocycles. The monoisotopic (exact) mass is 1750 g/mol. The molecule has 1 spiro atoms. The Hall–Kier alpha value is -12.2. The molecule has 2 unspecified atom stereocenters. The van der Waals surface area contributed by atoms with Crippen molar-refractivity contribution < 1.29 is 86.6 Å². The molecule has 2 saturated heterocycles. The van der Waals surface area contributed by atoms with Gasteiger partial charge in [0.1, 0.15) is 78.0 Å². The van der Waals surface area contributed by atoms with E-state index < -0.39 is 228 Å². The quantitative estimate of drug-likeness (QED) is 0.0192. The van der Waals surface area contributed by atoms with Crippen molar-refractivity contribution >= 4 is 129 Å². The summed E-state index contributed by atoms with van der Waals surface area (Å²) in [5.41, 5.74) is 17.2. The molecular formula is C82H121N23O18S. The highest BCUT2D eigenvalue weighted by molar-refractivity contribution is 8.00. The first-order chi connectivity index (χ1) is 58.8. The SMILES string of the molecule is CCCC[C@H]1C(=O)N(C)C2(C[C@H]2CCC)C(=O)N[C@@H](CCCNC(=N)N)C(=O)N[C@H](C(=O)NCC(N)=O)CSCC(=O)N[C@@H](Cc2ccccc2)C(=O)N(C)[C@@H](C)C(=O)N[C@@H](CC(N)=O)C(=O)N2CCCC2C(=O)N[C@@H](Cc2cnc[nH]2)C(=O)N[C@@H](CC(C)C)C(=O)N(C)CC(=O)N[C@@H](Cc2c[nH]c3ccccc23)C(=O)N[C@@H](CO)C(=O)N[C@@H](C)C(=O)N1C. The number of amides is 17. The lowest BCUT2D eigenvalue weighted by molar-refractivity contribution is -0.150. The molecule has 42 heteroatoms. The zero-order valence-corrected chi connectivity index (χ0v) is 72.6. The van der Waals surface area contributed by atoms with Gasteiger partial charge in [0.15, 0.2) is 5.96 Å². The van der Waals surface area contributed by atoms with Crippen molar-refractivity contribution in [2.24, 2.45) is 29.0 Å². The number of carbonyl (C=O) groups is 17. The van der Waals surface area contributed by atoms with E-state index in [1.54, 1.807) is 74.6 Å². The molecule has 4 heterocycles. The number of likely N-dealkylation sites (N-methyl/N-ethyl adjacent to an activating group) is 4. The molecule has 678 valence electrons. The van der Waals surface area contributed by atoms with Crippen molar-refractivity contribution in [3.8, 4) is 0 Å². The van der Waals surface area contributed by atoms with Gasteiger partial charge in [-0.2, -0.15) is 0 Å². The molecule has 0 radical (unpaired) electrons. The molecule has 1 saturated carbocycles. The number of hydrogen-bond acceptors (Lipinski definition) is 21. The second kappa shape index (κ2) is 46.9. The van der Waals surface area contributed by atoms with Gasteiger partial charge in [-0.05, 0) is 94.2 Å². The van der Waals surface area contributed by atoms with Crippen LogP contribution in [-0.2, 0) is 101 Å². The summed E-state index contributed by atoms with van der Waals surface area (Å²) in [5.74, 6) is -17.3. The topological polar surface area (TPSA) is 605 Å². The fourth-order valence-electron chi connectivity index (χ4n) is 15.2. The molecule has 3 fully saturated rings. The Morgan fingerprint density at radius 1 is 0.629 bits per heavy atom. The van der Waals surface area contributed by atoms with E-state index in [9.17, 15) is 77.0 Å². The van der Waals surface area contributed by atoms with Crippen LogP contribution in [0, 0.1) is 17.2 Å². The average molecular weight is 1750 g/mol. The summed E-state index contributed by atoms with van der Waals surface area (Å²) in [7, 11) is 5.27. The summed E-state index contributed by atoms with van der Waals surface area (Å²) in [6.07, 6.45) is 5.03. The number of primary amides is 2. The zero-order chi connectivity index (χ0) is 91.4. The summed E-state index contributed by atoms with van der Waals surface area (Å²) < 4.78 is 0. The van der Waals surface area contributed by atoms with Crippen molar-refractivity contribution in [3.05, 3.63) is 90.1 Å². The second-order valence-corrected chi connectivity index (χ2v) is 33.2. The van der Waals surface area contributed by atoms with E-state index >= 15 is 9.59 Å². The first-order valence-corrected chi connectivity index (χ1v) is 42.7. The largest absolute Gasteiger partial charge is 0.394 e. The predicted octanol–water partition coefficient (Wildman–Crippen LogP) is -3.84. The lowest BCUT2D eigenvalue weighted by Crippen LogP contribution is -2.62. The van der Waals surface area contributed by atoms with E-state index in [-0.39, 0.29) is 83.2 Å². The van der Waals surface area contributed by atoms with Gasteiger partial charge in [-0.15, -0.1) is 11.8 Å². The number of nitrogens with zero attached hydrogens (tertiary/aromatic N) is 6. The van der Waals surface area contributed by atoms with E-state index in [0.29, 0.717) is 53.4 Å². The average Bonchev–Trinajstić information content (AvgIpc) is 1.56. The number of nitrogens with two attached hydrogens (primary N) is 3. The minimum Gasteiger partial charge on any atom is -0.394 e. The smallest absolute Gasteiger partial charge is 0.246 e. The van der Waals surface area contributed by atoms with E-state index in [2.05, 4.69) is 73.4 Å². The van der Waals surface area contributed by atoms with Crippen molar-refractivity contribution in [2.45, 2.75) is 216 Å². The first-order valence-electron chi connectivity index (χ1n) is 41.6. The van der Waals surface area contributed by atoms with E-state index in [1.807, 2.05) is 13.8 Å². The normalized spacial score (nSPS) is 25.8. The number of hydrogen-bond donors (Lipinski definition) is 18. The molecular weight excluding hydrogens is 1630 g/mol. The van der Waals surface area contributed by atoms with Crippen molar-refractivity contribution in [3.63, 3.8) is 0 Å². The van der Waals surface area contributed by atoms with Crippen LogP contribution in [-0.4, -0.2) is 301 Å². The Balaban J connectivity index is 1.26. The Bertz CT molecular complexity index is 4480. The summed E-state index contributed by atoms with van der Waals surface area (Å²) in [5, 5.41) is 48.1. The number of H-pyrrole nitrogens is 2. The first kappa shape index (κ1) is 98.9. The van der Waals surface area contributed by atoms with Crippen LogP contribution >= 0.6 is 11.8 Å². The van der Waals surface area contributed by atoms with Crippen molar-refractivity contribution in [2.75, 3.05) is 72.5 Å². The third-order valence-electron chi connectivity index (χ3n) is 22.2. The number of rotatable bonds is 23. The van der Waals surface area contributed by atoms with Crippen LogP contribution in [0.2, 0.25) is 0 Å². The number of aromatic nitrogens is 3. The molecule has 41 nitrogen and oxygen atoms in total. The Morgan fingerprint density at radius 2 is 1.27 bits per heavy atom. The highest BCUT2D eigenvalue weighted by Gasteiger charge is 2.64. The molecule has 14 atom stereocenters. The molecule has 0 bridgehead atoms. The molecule has 21 N–H and O–H groups in total. The van der Waals surface area contributed by atoms with Gasteiger partial charge in [-0.1, -0.05) is 95.5 Å². The summed E-state index contributed by atoms with van der Waals surface area (Å²) in [4.78, 5) is 261. The lowest BCUT2D eigenvalue weighted by Gasteiger charge is -2.37. The van der Waals surface area contributed by atoms with Crippen LogP contribution in [0.4, 0.5) is 0 Å². The van der Waals surface area contributed by atoms with Gasteiger partial charge in [-0.25, -0.2) is 4.98 Å². The number of para-hydroxylation sites is 1. The number of aliphatic hydroxyl groups is 1. The van der Waals surface area contributed by atoms with Crippen LogP contribution in [0.25, 0.3) is 10.9 Å². The van der Waals surface area contributed by atoms with Crippen molar-refractivity contribution in [1.82, 2.24) is 97.9 Å². The summed E-state index contributed by atoms with van der Waals surface area (Å²) in [6, 6.07) is -2.45. The second-order valence-electron chi connectivity index (χ2n) is 32.1. The standard InChI is InChI=1S/C82H121N23O18S/c1-11-13-27-63-79(122)104(10)82(36-50(82)21-12-2)80(123)100-54(26-19-29-88-81(85)86)70(113)99-61(69(112)90-39-65(84)108)42-124-43-67(110)94-58(32-48-22-15-14-16-23-48)77(120)102(8)47(6)68(111)96-59(35-64(83)107)78(121)105-30-20-28-62(105)74(117)95-56(34-51-38-87-44-91-51)72(115)97-57(31-45(3)4)76(119)101(7)40-66(109)93-55(33-49-37-89-53-25-18-17-24-52(49)53)71(114)98-60(41-106)73(116)92-46(5)75(118)103(63)9/h14-18,22-25,37-38,44-47,50,54-63,89,106H,11-13,19-21,26-36,39-43H2,1-10H3,(H2,83,107)(H2,84,108)(H,87,91)(H,90,112)(H,92,116)(H,93,109)(H,94,110)(H,95,117)(H,96,111)(H,97,115)(H,98,114)(H,99,113)(H,100,123)(H4,85,86,88)/t46-,47-,50+,54-,55-,56-,57-,58-,59-,60-,61-,62?,63-,82?/m0/s1. The fraction of sp³-hybridized carbons (Fsp3) is 0.573. The van der Waals surface area contributed by atoms with Crippen LogP contribution in [0.1, 0.15) is 135 Å². The molecule has 17 amide bonds. The number of unbranched alkanes of at least 4 members (excludes halogenated alkanes) is 1. The van der Waals surface area contributed by atoms with Gasteiger partial charge in [0.05, 0.1) is 38.2 Å².